The Balaban J connectivity index is 2.19. The second-order valence-electron chi connectivity index (χ2n) is 8.51. The summed E-state index contributed by atoms with van der Waals surface area (Å²) in [5.41, 5.74) is -5.27. The molecule has 218 valence electrons. The Hall–Kier alpha value is -3.50. The van der Waals surface area contributed by atoms with Gasteiger partial charge < -0.3 is 17.3 Å². The minimum absolute atomic E-state index is 0.00853. The van der Waals surface area contributed by atoms with Gasteiger partial charge in [-0.25, -0.2) is 0 Å². The van der Waals surface area contributed by atoms with E-state index in [-0.39, 0.29) is 34.8 Å². The van der Waals surface area contributed by atoms with Crippen LogP contribution in [-0.2, 0) is 37.0 Å². The molecule has 3 aromatic rings. The standard InChI is InChI=1S/C24H23F3O10S3/c1-15-12-20(36-40(32,33)24(25,26)27)16(2)23(37-39(4,30)31)22(15)18-10-11-19(21(13-18)35-38(3,28)29)34-14-17-8-6-5-7-9-17/h5-13H,14H2,1-4H3. The van der Waals surface area contributed by atoms with Gasteiger partial charge >= 0.3 is 35.9 Å². The van der Waals surface area contributed by atoms with Crippen molar-refractivity contribution in [3.63, 3.8) is 0 Å². The lowest BCUT2D eigenvalue weighted by molar-refractivity contribution is -0.0500. The number of hydrogen-bond acceptors (Lipinski definition) is 10. The molecule has 0 aromatic heterocycles. The Kier molecular flexibility index (Phi) is 8.67. The lowest BCUT2D eigenvalue weighted by atomic mass is 9.96. The van der Waals surface area contributed by atoms with Gasteiger partial charge in [0.2, 0.25) is 0 Å². The summed E-state index contributed by atoms with van der Waals surface area (Å²) in [7, 11) is -14.5. The summed E-state index contributed by atoms with van der Waals surface area (Å²) in [6, 6.07) is 13.8. The van der Waals surface area contributed by atoms with Crippen molar-refractivity contribution in [2.45, 2.75) is 26.0 Å². The fraction of sp³-hybridized carbons (Fsp3) is 0.250. The van der Waals surface area contributed by atoms with Crippen molar-refractivity contribution >= 4 is 30.4 Å². The zero-order valence-corrected chi connectivity index (χ0v) is 23.8. The quantitative estimate of drug-likeness (QED) is 0.235. The molecule has 0 saturated carbocycles. The number of alkyl halides is 3. The fourth-order valence-corrected chi connectivity index (χ4v) is 4.94. The lowest BCUT2D eigenvalue weighted by Crippen LogP contribution is -2.28. The molecule has 0 N–H and O–H groups in total. The van der Waals surface area contributed by atoms with Gasteiger partial charge in [0.25, 0.3) is 0 Å². The summed E-state index contributed by atoms with van der Waals surface area (Å²) in [5.74, 6) is -1.64. The van der Waals surface area contributed by atoms with E-state index in [1.165, 1.54) is 25.1 Å². The summed E-state index contributed by atoms with van der Waals surface area (Å²) >= 11 is 0. The lowest BCUT2D eigenvalue weighted by Gasteiger charge is -2.20. The van der Waals surface area contributed by atoms with Crippen LogP contribution in [0.3, 0.4) is 0 Å². The number of rotatable bonds is 10. The molecule has 0 atom stereocenters. The van der Waals surface area contributed by atoms with E-state index in [0.717, 1.165) is 24.8 Å². The van der Waals surface area contributed by atoms with Gasteiger partial charge in [0.15, 0.2) is 17.2 Å². The molecule has 0 spiro atoms. The number of ether oxygens (including phenoxy) is 1. The fourth-order valence-electron chi connectivity index (χ4n) is 3.47. The summed E-state index contributed by atoms with van der Waals surface area (Å²) < 4.78 is 130. The highest BCUT2D eigenvalue weighted by Crippen LogP contribution is 2.45. The van der Waals surface area contributed by atoms with Crippen molar-refractivity contribution < 1.29 is 55.7 Å². The Morgan fingerprint density at radius 3 is 1.88 bits per heavy atom. The van der Waals surface area contributed by atoms with Crippen LogP contribution in [-0.4, -0.2) is 43.3 Å². The average Bonchev–Trinajstić information content (AvgIpc) is 2.79. The zero-order valence-electron chi connectivity index (χ0n) is 21.3. The summed E-state index contributed by atoms with van der Waals surface area (Å²) in [4.78, 5) is 0. The molecule has 0 aliphatic heterocycles. The van der Waals surface area contributed by atoms with Crippen LogP contribution < -0.4 is 17.3 Å². The normalized spacial score (nSPS) is 12.6. The first-order chi connectivity index (χ1) is 18.3. The monoisotopic (exact) mass is 624 g/mol. The molecule has 0 saturated heterocycles. The average molecular weight is 625 g/mol. The SMILES string of the molecule is Cc1cc(OS(=O)(=O)C(F)(F)F)c(C)c(OS(C)(=O)=O)c1-c1ccc(OCc2ccccc2)c(OS(C)(=O)=O)c1. The molecule has 40 heavy (non-hydrogen) atoms. The van der Waals surface area contributed by atoms with Crippen molar-refractivity contribution in [2.75, 3.05) is 12.5 Å². The maximum atomic E-state index is 12.9. The number of benzene rings is 3. The largest absolute Gasteiger partial charge is 0.534 e. The number of hydrogen-bond donors (Lipinski definition) is 0. The van der Waals surface area contributed by atoms with Crippen LogP contribution in [0, 0.1) is 13.8 Å². The third-order valence-corrected chi connectivity index (χ3v) is 7.03. The molecular weight excluding hydrogens is 601 g/mol. The molecule has 0 radical (unpaired) electrons. The van der Waals surface area contributed by atoms with E-state index < -0.39 is 52.9 Å². The first kappa shape index (κ1) is 31.0. The molecule has 16 heteroatoms. The Bertz CT molecular complexity index is 1730. The summed E-state index contributed by atoms with van der Waals surface area (Å²) in [5, 5.41) is 0. The third kappa shape index (κ3) is 7.79. The van der Waals surface area contributed by atoms with Gasteiger partial charge in [0, 0.05) is 11.1 Å². The van der Waals surface area contributed by atoms with Crippen LogP contribution >= 0.6 is 0 Å². The van der Waals surface area contributed by atoms with Gasteiger partial charge in [-0.2, -0.15) is 38.4 Å². The Morgan fingerprint density at radius 1 is 0.725 bits per heavy atom. The maximum absolute atomic E-state index is 12.9. The highest BCUT2D eigenvalue weighted by atomic mass is 32.2. The summed E-state index contributed by atoms with van der Waals surface area (Å²) in [6.45, 7) is 2.46. The van der Waals surface area contributed by atoms with Crippen molar-refractivity contribution in [3.05, 3.63) is 71.3 Å². The molecule has 3 rings (SSSR count). The van der Waals surface area contributed by atoms with Crippen molar-refractivity contribution in [1.82, 2.24) is 0 Å². The van der Waals surface area contributed by atoms with Gasteiger partial charge in [-0.15, -0.1) is 0 Å². The number of halogens is 3. The highest BCUT2D eigenvalue weighted by Gasteiger charge is 2.49. The van der Waals surface area contributed by atoms with Crippen molar-refractivity contribution in [1.29, 1.82) is 0 Å². The van der Waals surface area contributed by atoms with Gasteiger partial charge in [-0.1, -0.05) is 36.4 Å². The van der Waals surface area contributed by atoms with Gasteiger partial charge in [0.05, 0.1) is 12.5 Å². The third-order valence-electron chi connectivity index (χ3n) is 5.11. The van der Waals surface area contributed by atoms with Crippen LogP contribution in [0.4, 0.5) is 13.2 Å². The molecule has 0 aliphatic carbocycles. The minimum atomic E-state index is -6.10. The highest BCUT2D eigenvalue weighted by molar-refractivity contribution is 7.88. The van der Waals surface area contributed by atoms with Crippen molar-refractivity contribution in [2.24, 2.45) is 0 Å². The van der Waals surface area contributed by atoms with E-state index in [1.807, 2.05) is 0 Å². The zero-order chi connectivity index (χ0) is 30.1. The molecular formula is C24H23F3O10S3. The van der Waals surface area contributed by atoms with Crippen LogP contribution in [0.5, 0.6) is 23.0 Å². The van der Waals surface area contributed by atoms with E-state index in [1.54, 1.807) is 30.3 Å². The van der Waals surface area contributed by atoms with E-state index in [2.05, 4.69) is 4.18 Å². The van der Waals surface area contributed by atoms with Crippen LogP contribution in [0.25, 0.3) is 11.1 Å². The molecule has 0 fully saturated rings. The molecule has 0 unspecified atom stereocenters. The van der Waals surface area contributed by atoms with E-state index in [4.69, 9.17) is 13.1 Å². The Labute approximate surface area is 229 Å². The van der Waals surface area contributed by atoms with Crippen LogP contribution in [0.15, 0.2) is 54.6 Å². The second kappa shape index (κ2) is 11.2. The van der Waals surface area contributed by atoms with Crippen LogP contribution in [0.1, 0.15) is 16.7 Å². The molecule has 0 aliphatic rings. The van der Waals surface area contributed by atoms with E-state index >= 15 is 0 Å². The van der Waals surface area contributed by atoms with Crippen molar-refractivity contribution in [3.8, 4) is 34.1 Å². The number of aryl methyl sites for hydroxylation is 1. The maximum Gasteiger partial charge on any atom is 0.534 e. The van der Waals surface area contributed by atoms with Gasteiger partial charge in [-0.05, 0) is 48.7 Å². The molecule has 0 heterocycles. The molecule has 0 bridgehead atoms. The Morgan fingerprint density at radius 2 is 1.32 bits per heavy atom. The smallest absolute Gasteiger partial charge is 0.485 e. The molecule has 10 nitrogen and oxygen atoms in total. The van der Waals surface area contributed by atoms with Gasteiger partial charge in [-0.3, -0.25) is 0 Å². The second-order valence-corrected chi connectivity index (χ2v) is 13.2. The van der Waals surface area contributed by atoms with E-state index in [0.29, 0.717) is 6.26 Å². The predicted octanol–water partition coefficient (Wildman–Crippen LogP) is 4.45. The van der Waals surface area contributed by atoms with E-state index in [9.17, 15) is 38.4 Å². The first-order valence-corrected chi connectivity index (χ1v) is 16.1. The predicted molar refractivity (Wildman–Crippen MR) is 139 cm³/mol. The molecule has 0 amide bonds. The summed E-state index contributed by atoms with van der Waals surface area (Å²) in [6.07, 6.45) is 1.46. The minimum Gasteiger partial charge on any atom is -0.485 e. The first-order valence-electron chi connectivity index (χ1n) is 11.0. The van der Waals surface area contributed by atoms with Crippen LogP contribution in [0.2, 0.25) is 0 Å². The molecule has 3 aromatic carbocycles. The topological polar surface area (TPSA) is 139 Å². The van der Waals surface area contributed by atoms with Gasteiger partial charge in [0.1, 0.15) is 12.4 Å².